The zero-order chi connectivity index (χ0) is 24.2. The van der Waals surface area contributed by atoms with Crippen LogP contribution in [0.25, 0.3) is 10.9 Å². The number of aryl methyl sites for hydroxylation is 1. The highest BCUT2D eigenvalue weighted by molar-refractivity contribution is 6.06. The molecule has 1 N–H and O–H groups in total. The maximum absolute atomic E-state index is 13.3. The van der Waals surface area contributed by atoms with Gasteiger partial charge in [0.1, 0.15) is 5.75 Å². The quantitative estimate of drug-likeness (QED) is 0.245. The third-order valence-corrected chi connectivity index (χ3v) is 5.93. The zero-order valence-corrected chi connectivity index (χ0v) is 19.0. The van der Waals surface area contributed by atoms with E-state index in [1.54, 1.807) is 0 Å². The number of fused-ring (bicyclic) bond motifs is 2. The second kappa shape index (κ2) is 9.86. The van der Waals surface area contributed by atoms with Crippen LogP contribution in [0.1, 0.15) is 47.8 Å². The molecule has 1 heterocycles. The van der Waals surface area contributed by atoms with Crippen molar-refractivity contribution < 1.29 is 24.0 Å². The number of ether oxygens (including phenoxy) is 2. The number of non-ortho nitro benzene ring substituents is 1. The van der Waals surface area contributed by atoms with Crippen molar-refractivity contribution in [1.82, 2.24) is 4.98 Å². The van der Waals surface area contributed by atoms with Crippen LogP contribution in [0.4, 0.5) is 11.4 Å². The lowest BCUT2D eigenvalue weighted by molar-refractivity contribution is -0.384. The Morgan fingerprint density at radius 3 is 2.65 bits per heavy atom. The van der Waals surface area contributed by atoms with Gasteiger partial charge < -0.3 is 14.8 Å². The molecule has 9 nitrogen and oxygen atoms in total. The fraction of sp³-hybridized carbons (Fsp3) is 0.320. The Morgan fingerprint density at radius 2 is 1.88 bits per heavy atom. The van der Waals surface area contributed by atoms with Gasteiger partial charge in [-0.15, -0.1) is 0 Å². The minimum absolute atomic E-state index is 0.118. The molecule has 34 heavy (non-hydrogen) atoms. The molecule has 0 aliphatic heterocycles. The molecule has 4 rings (SSSR count). The lowest BCUT2D eigenvalue weighted by Gasteiger charge is -2.18. The number of methoxy groups -OCH3 is 1. The minimum Gasteiger partial charge on any atom is -0.495 e. The molecule has 0 spiro atoms. The summed E-state index contributed by atoms with van der Waals surface area (Å²) >= 11 is 0. The summed E-state index contributed by atoms with van der Waals surface area (Å²) in [6.07, 6.45) is 3.40. The van der Waals surface area contributed by atoms with Crippen LogP contribution >= 0.6 is 0 Å². The summed E-state index contributed by atoms with van der Waals surface area (Å²) < 4.78 is 10.8. The number of esters is 1. The summed E-state index contributed by atoms with van der Waals surface area (Å²) in [7, 11) is 1.39. The Hall–Kier alpha value is -4.01. The molecule has 1 aromatic heterocycles. The van der Waals surface area contributed by atoms with Crippen molar-refractivity contribution >= 4 is 34.2 Å². The second-order valence-corrected chi connectivity index (χ2v) is 8.17. The molecule has 176 valence electrons. The fourth-order valence-electron chi connectivity index (χ4n) is 4.20. The van der Waals surface area contributed by atoms with Gasteiger partial charge in [-0.1, -0.05) is 24.6 Å². The fourth-order valence-corrected chi connectivity index (χ4v) is 4.20. The number of hydrogen-bond donors (Lipinski definition) is 1. The average molecular weight is 463 g/mol. The molecular weight excluding hydrogens is 438 g/mol. The van der Waals surface area contributed by atoms with Crippen molar-refractivity contribution in [3.63, 3.8) is 0 Å². The number of hydrogen-bond acceptors (Lipinski definition) is 7. The lowest BCUT2D eigenvalue weighted by atomic mass is 9.97. The first-order chi connectivity index (χ1) is 16.4. The molecule has 1 aliphatic rings. The van der Waals surface area contributed by atoms with E-state index in [0.717, 1.165) is 43.4 Å². The van der Waals surface area contributed by atoms with Crippen molar-refractivity contribution in [3.8, 4) is 5.75 Å². The normalized spacial score (nSPS) is 13.9. The number of anilines is 1. The smallest absolute Gasteiger partial charge is 0.339 e. The molecule has 0 radical (unpaired) electrons. The monoisotopic (exact) mass is 463 g/mol. The molecular formula is C25H25N3O6. The third-order valence-electron chi connectivity index (χ3n) is 5.93. The number of nitrogens with zero attached hydrogens (tertiary/aromatic N) is 2. The predicted molar refractivity (Wildman–Crippen MR) is 126 cm³/mol. The highest BCUT2D eigenvalue weighted by Crippen LogP contribution is 2.31. The number of carbonyl (C=O) groups excluding carboxylic acids is 2. The summed E-state index contributed by atoms with van der Waals surface area (Å²) in [6.45, 7) is 1.46. The largest absolute Gasteiger partial charge is 0.495 e. The Morgan fingerprint density at radius 1 is 1.12 bits per heavy atom. The van der Waals surface area contributed by atoms with Gasteiger partial charge in [-0.25, -0.2) is 4.79 Å². The Bertz CT molecular complexity index is 1270. The van der Waals surface area contributed by atoms with Crippen LogP contribution in [-0.2, 0) is 22.4 Å². The number of para-hydroxylation sites is 1. The van der Waals surface area contributed by atoms with E-state index in [2.05, 4.69) is 5.32 Å². The summed E-state index contributed by atoms with van der Waals surface area (Å²) in [5, 5.41) is 14.4. The van der Waals surface area contributed by atoms with Crippen LogP contribution in [0, 0.1) is 10.1 Å². The molecule has 0 saturated heterocycles. The summed E-state index contributed by atoms with van der Waals surface area (Å²) in [6, 6.07) is 11.3. The maximum atomic E-state index is 13.3. The number of pyridine rings is 1. The van der Waals surface area contributed by atoms with E-state index in [-0.39, 0.29) is 17.1 Å². The first kappa shape index (κ1) is 23.2. The van der Waals surface area contributed by atoms with E-state index in [1.165, 1.54) is 32.2 Å². The van der Waals surface area contributed by atoms with Crippen molar-refractivity contribution in [3.05, 3.63) is 69.4 Å². The van der Waals surface area contributed by atoms with Crippen LogP contribution < -0.4 is 10.1 Å². The predicted octanol–water partition coefficient (Wildman–Crippen LogP) is 4.60. The number of nitro benzene ring substituents is 1. The minimum atomic E-state index is -1.15. The summed E-state index contributed by atoms with van der Waals surface area (Å²) in [4.78, 5) is 41.4. The van der Waals surface area contributed by atoms with Crippen molar-refractivity contribution in [1.29, 1.82) is 0 Å². The maximum Gasteiger partial charge on any atom is 0.339 e. The molecule has 1 aliphatic carbocycles. The van der Waals surface area contributed by atoms with E-state index in [0.29, 0.717) is 16.5 Å². The molecule has 0 bridgehead atoms. The standard InChI is InChI=1S/C25H25N3O6/c1-15(24(29)27-21-14-16(28(31)32)12-13-22(21)33-2)34-25(30)23-17-8-4-3-5-10-19(17)26-20-11-7-6-9-18(20)23/h6-7,9,11-15H,3-5,8,10H2,1-2H3,(H,27,29). The number of aromatic nitrogens is 1. The Kier molecular flexibility index (Phi) is 6.72. The average Bonchev–Trinajstić information content (AvgIpc) is 3.07. The molecule has 0 saturated carbocycles. The van der Waals surface area contributed by atoms with Gasteiger partial charge in [0, 0.05) is 23.2 Å². The van der Waals surface area contributed by atoms with E-state index < -0.39 is 22.9 Å². The van der Waals surface area contributed by atoms with Gasteiger partial charge in [-0.2, -0.15) is 0 Å². The highest BCUT2D eigenvalue weighted by atomic mass is 16.6. The highest BCUT2D eigenvalue weighted by Gasteiger charge is 2.26. The van der Waals surface area contributed by atoms with E-state index in [4.69, 9.17) is 14.5 Å². The van der Waals surface area contributed by atoms with Gasteiger partial charge in [-0.3, -0.25) is 19.9 Å². The molecule has 0 fully saturated rings. The molecule has 9 heteroatoms. The first-order valence-electron chi connectivity index (χ1n) is 11.1. The number of carbonyl (C=O) groups is 2. The van der Waals surface area contributed by atoms with Crippen LogP contribution in [0.15, 0.2) is 42.5 Å². The topological polar surface area (TPSA) is 121 Å². The second-order valence-electron chi connectivity index (χ2n) is 8.17. The van der Waals surface area contributed by atoms with Crippen molar-refractivity contribution in [2.45, 2.75) is 45.1 Å². The summed E-state index contributed by atoms with van der Waals surface area (Å²) in [5.74, 6) is -0.968. The molecule has 1 atom stereocenters. The summed E-state index contributed by atoms with van der Waals surface area (Å²) in [5.41, 5.74) is 2.87. The van der Waals surface area contributed by atoms with Gasteiger partial charge in [0.25, 0.3) is 11.6 Å². The molecule has 3 aromatic rings. The van der Waals surface area contributed by atoms with Gasteiger partial charge in [-0.05, 0) is 50.3 Å². The molecule has 1 amide bonds. The number of amides is 1. The number of nitrogens with one attached hydrogen (secondary N) is 1. The van der Waals surface area contributed by atoms with Gasteiger partial charge in [0.15, 0.2) is 6.10 Å². The van der Waals surface area contributed by atoms with Gasteiger partial charge in [0.2, 0.25) is 0 Å². The SMILES string of the molecule is COc1ccc([N+](=O)[O-])cc1NC(=O)C(C)OC(=O)c1c2c(nc3ccccc13)CCCCC2. The number of rotatable bonds is 6. The molecule has 2 aromatic carbocycles. The van der Waals surface area contributed by atoms with Crippen molar-refractivity contribution in [2.75, 3.05) is 12.4 Å². The Balaban J connectivity index is 1.60. The Labute approximate surface area is 196 Å². The third kappa shape index (κ3) is 4.68. The molecule has 1 unspecified atom stereocenters. The van der Waals surface area contributed by atoms with E-state index >= 15 is 0 Å². The number of nitro groups is 1. The lowest BCUT2D eigenvalue weighted by Crippen LogP contribution is -2.30. The first-order valence-corrected chi connectivity index (χ1v) is 11.1. The number of benzene rings is 2. The van der Waals surface area contributed by atoms with Crippen LogP contribution in [-0.4, -0.2) is 35.0 Å². The zero-order valence-electron chi connectivity index (χ0n) is 19.0. The van der Waals surface area contributed by atoms with Crippen molar-refractivity contribution in [2.24, 2.45) is 0 Å². The van der Waals surface area contributed by atoms with E-state index in [9.17, 15) is 19.7 Å². The van der Waals surface area contributed by atoms with Crippen LogP contribution in [0.2, 0.25) is 0 Å². The van der Waals surface area contributed by atoms with Gasteiger partial charge in [0.05, 0.1) is 28.8 Å². The van der Waals surface area contributed by atoms with Crippen LogP contribution in [0.3, 0.4) is 0 Å². The van der Waals surface area contributed by atoms with Crippen LogP contribution in [0.5, 0.6) is 5.75 Å². The van der Waals surface area contributed by atoms with E-state index in [1.807, 2.05) is 24.3 Å². The van der Waals surface area contributed by atoms with Gasteiger partial charge >= 0.3 is 5.97 Å².